The largest absolute Gasteiger partial charge is 0.497 e. The molecule has 6 heterocycles. The molecule has 17 nitrogen and oxygen atoms in total. The van der Waals surface area contributed by atoms with Crippen molar-refractivity contribution in [3.63, 3.8) is 0 Å². The quantitative estimate of drug-likeness (QED) is 0.0607. The van der Waals surface area contributed by atoms with E-state index in [-0.39, 0.29) is 94.8 Å². The van der Waals surface area contributed by atoms with E-state index >= 15 is 0 Å². The van der Waals surface area contributed by atoms with Crippen LogP contribution in [0, 0.1) is 34.9 Å². The summed E-state index contributed by atoms with van der Waals surface area (Å²) < 4.78 is 123. The molecule has 0 bridgehead atoms. The normalized spacial score (nSPS) is 12.3. The molecule has 3 aromatic heterocycles. The number of nitrogens with one attached hydrogen (secondary N) is 1. The average Bonchev–Trinajstić information content (AvgIpc) is 1.58. The maximum absolute atomic E-state index is 14.7. The Bertz CT molecular complexity index is 4960. The number of amides is 3. The van der Waals surface area contributed by atoms with Gasteiger partial charge in [0, 0.05) is 28.9 Å². The molecule has 104 heavy (non-hydrogen) atoms. The number of carbonyl (C=O) groups excluding carboxylic acids is 3. The fourth-order valence-corrected chi connectivity index (χ4v) is 12.4. The highest BCUT2D eigenvalue weighted by atomic mass is 35.5. The number of ether oxygens (including phenoxy) is 7. The van der Waals surface area contributed by atoms with E-state index in [0.717, 1.165) is 51.6 Å². The van der Waals surface area contributed by atoms with E-state index in [1.807, 2.05) is 72.8 Å². The second-order valence-corrected chi connectivity index (χ2v) is 24.2. The van der Waals surface area contributed by atoms with Crippen LogP contribution in [0.1, 0.15) is 81.5 Å². The summed E-state index contributed by atoms with van der Waals surface area (Å²) >= 11 is 6.32. The number of hydrogen-bond acceptors (Lipinski definition) is 14. The zero-order valence-electron chi connectivity index (χ0n) is 57.3. The molecule has 0 saturated heterocycles. The number of rotatable bonds is 18. The summed E-state index contributed by atoms with van der Waals surface area (Å²) in [5, 5.41) is 2.83. The number of methoxy groups -OCH3 is 7. The number of carbonyl (C=O) groups is 3. The summed E-state index contributed by atoms with van der Waals surface area (Å²) in [6.45, 7) is 1.12. The Morgan fingerprint density at radius 2 is 0.740 bits per heavy atom. The molecule has 24 heteroatoms. The first-order valence-electron chi connectivity index (χ1n) is 32.3. The van der Waals surface area contributed by atoms with Gasteiger partial charge in [0.05, 0.1) is 155 Å². The van der Waals surface area contributed by atoms with Crippen LogP contribution < -0.4 is 44.2 Å². The fourth-order valence-electron chi connectivity index (χ4n) is 12.1. The predicted octanol–water partition coefficient (Wildman–Crippen LogP) is 15.8. The van der Waals surface area contributed by atoms with E-state index in [1.165, 1.54) is 55.6 Å². The summed E-state index contributed by atoms with van der Waals surface area (Å²) in [5.74, 6) is -0.302. The molecule has 8 aromatic carbocycles. The van der Waals surface area contributed by atoms with Crippen molar-refractivity contribution in [3.8, 4) is 74.0 Å². The van der Waals surface area contributed by atoms with E-state index in [4.69, 9.17) is 50.5 Å². The van der Waals surface area contributed by atoms with Gasteiger partial charge in [-0.05, 0) is 162 Å². The first-order valence-corrected chi connectivity index (χ1v) is 32.6. The Morgan fingerprint density at radius 1 is 0.394 bits per heavy atom. The van der Waals surface area contributed by atoms with Crippen molar-refractivity contribution in [1.82, 2.24) is 30.1 Å². The number of benzene rings is 8. The highest BCUT2D eigenvalue weighted by molar-refractivity contribution is 6.34. The molecule has 0 atom stereocenters. The van der Waals surface area contributed by atoms with Crippen LogP contribution in [0.15, 0.2) is 182 Å². The summed E-state index contributed by atoms with van der Waals surface area (Å²) in [7, 11) is 11.0. The Hall–Kier alpha value is -12.1. The second kappa shape index (κ2) is 32.7. The highest BCUT2D eigenvalue weighted by Crippen LogP contribution is 2.39. The van der Waals surface area contributed by atoms with Gasteiger partial charge in [-0.2, -0.15) is 0 Å². The number of pyridine rings is 3. The molecule has 0 unspecified atom stereocenters. The van der Waals surface area contributed by atoms with Crippen LogP contribution >= 0.6 is 11.6 Å². The number of halogens is 7. The van der Waals surface area contributed by atoms with Crippen LogP contribution in [0.4, 0.5) is 32.0 Å². The number of nitrogens with zero attached hydrogens (tertiary/aromatic N) is 5. The lowest BCUT2D eigenvalue weighted by Gasteiger charge is -2.18. The third-order valence-corrected chi connectivity index (χ3v) is 17.6. The molecule has 11 aromatic rings. The van der Waals surface area contributed by atoms with E-state index in [0.29, 0.717) is 80.9 Å². The molecule has 0 saturated carbocycles. The topological polar surface area (TPSA) is 199 Å². The smallest absolute Gasteiger partial charge is 0.257 e. The first-order chi connectivity index (χ1) is 50.2. The van der Waals surface area contributed by atoms with Crippen LogP contribution in [0.5, 0.6) is 40.2 Å². The molecule has 0 aliphatic carbocycles. The maximum atomic E-state index is 14.7. The highest BCUT2D eigenvalue weighted by Gasteiger charge is 2.36. The molecule has 3 N–H and O–H groups in total. The van der Waals surface area contributed by atoms with Gasteiger partial charge in [-0.25, -0.2) is 41.3 Å². The van der Waals surface area contributed by atoms with Gasteiger partial charge in [0.2, 0.25) is 0 Å². The van der Waals surface area contributed by atoms with Gasteiger partial charge in [0.25, 0.3) is 17.7 Å². The van der Waals surface area contributed by atoms with Gasteiger partial charge < -0.3 is 54.0 Å². The summed E-state index contributed by atoms with van der Waals surface area (Å²) in [4.78, 5) is 55.3. The molecule has 3 amide bonds. The number of fused-ring (bicyclic) bond motifs is 3. The molecule has 0 radical (unpaired) electrons. The van der Waals surface area contributed by atoms with Crippen LogP contribution in [0.25, 0.3) is 33.8 Å². The van der Waals surface area contributed by atoms with Crippen molar-refractivity contribution in [2.24, 2.45) is 0 Å². The number of nitrogen functional groups attached to an aromatic ring is 1. The molecule has 3 aliphatic heterocycles. The third-order valence-electron chi connectivity index (χ3n) is 17.3. The predicted molar refractivity (Wildman–Crippen MR) is 380 cm³/mol. The maximum Gasteiger partial charge on any atom is 0.257 e. The lowest BCUT2D eigenvalue weighted by atomic mass is 9.97. The Morgan fingerprint density at radius 3 is 1.13 bits per heavy atom. The Kier molecular flexibility index (Phi) is 23.0. The summed E-state index contributed by atoms with van der Waals surface area (Å²) in [5.41, 5.74) is 13.2. The zero-order valence-corrected chi connectivity index (χ0v) is 58.1. The van der Waals surface area contributed by atoms with Crippen molar-refractivity contribution in [3.05, 3.63) is 289 Å². The minimum absolute atomic E-state index is 0.0472. The van der Waals surface area contributed by atoms with Crippen molar-refractivity contribution >= 4 is 35.0 Å². The van der Waals surface area contributed by atoms with Crippen molar-refractivity contribution in [2.75, 3.05) is 55.5 Å². The second-order valence-electron chi connectivity index (χ2n) is 23.8. The molecule has 3 aliphatic rings. The summed E-state index contributed by atoms with van der Waals surface area (Å²) in [6, 6.07) is 48.4. The molecule has 0 spiro atoms. The fraction of sp³-hybridized carbons (Fsp3) is 0.175. The van der Waals surface area contributed by atoms with Gasteiger partial charge in [-0.3, -0.25) is 14.4 Å². The van der Waals surface area contributed by atoms with E-state index in [1.54, 1.807) is 101 Å². The van der Waals surface area contributed by atoms with Gasteiger partial charge in [-0.1, -0.05) is 54.1 Å². The molecular formula is C80H68ClF6N7O10. The van der Waals surface area contributed by atoms with Crippen LogP contribution in [-0.2, 0) is 45.6 Å². The number of aromatic nitrogens is 3. The van der Waals surface area contributed by atoms with Crippen molar-refractivity contribution in [2.45, 2.75) is 45.6 Å². The zero-order chi connectivity index (χ0) is 73.9. The number of nitrogens with two attached hydrogens (primary N) is 1. The standard InChI is InChI=1S/C30H26F2N2O4.C22H17ClF2N2O3.C21H16F2N2O2.C7H9NO/c1-36-21-10-7-18(8-11-21)13-20-14-25(29-23(31)5-4-6-24(29)32)33-26-17-34(30(35)28(20)26)16-19-9-12-22(37-2)15-27(19)38-3;1-29-13-7-6-12(19(8-13)30-2)10-27-11-18-20(22(27)28)14(23)9-17(26-18)21-15(24)4-3-5-16(21)25;1-27-14-7-5-12(6-8-14)9-13-10-17(20-15(22)3-2-4-16(20)23)25-18-11-24-21(26)19(13)18;1-9-7-4-2-6(8)3-5-7/h4-12,14-15H,13,16-17H2,1-3H3;3-9H,10-11H2,1-2H3;2-8,10H,9,11H2,1H3,(H,24,26);2-5H,8H2,1H3. The van der Waals surface area contributed by atoms with Crippen molar-refractivity contribution < 1.29 is 73.9 Å². The van der Waals surface area contributed by atoms with Gasteiger partial charge in [0.15, 0.2) is 0 Å². The molecular weight excluding hydrogens is 1370 g/mol. The lowest BCUT2D eigenvalue weighted by molar-refractivity contribution is 0.0757. The minimum Gasteiger partial charge on any atom is -0.497 e. The van der Waals surface area contributed by atoms with E-state index in [9.17, 15) is 40.7 Å². The lowest BCUT2D eigenvalue weighted by Crippen LogP contribution is -2.24. The SMILES string of the molecule is COc1ccc(CN2Cc3nc(-c4c(F)cccc4F)cc(Cl)c3C2=O)c(OC)c1.COc1ccc(Cc2cc(-c3c(F)cccc3F)nc3c2C(=O)N(Cc2ccc(OC)cc2OC)C3)cc1.COc1ccc(Cc2cc(-c3c(F)cccc3F)nc3c2C(=O)NC3)cc1.COc1ccc(N)cc1. The van der Waals surface area contributed by atoms with Crippen molar-refractivity contribution in [1.29, 1.82) is 0 Å². The van der Waals surface area contributed by atoms with Gasteiger partial charge in [-0.15, -0.1) is 0 Å². The first kappa shape index (κ1) is 73.1. The number of anilines is 1. The average molecular weight is 1440 g/mol. The third kappa shape index (κ3) is 16.3. The van der Waals surface area contributed by atoms with Crippen LogP contribution in [0.2, 0.25) is 5.02 Å². The van der Waals surface area contributed by atoms with E-state index < -0.39 is 34.9 Å². The summed E-state index contributed by atoms with van der Waals surface area (Å²) in [6.07, 6.45) is 0.814. The molecule has 532 valence electrons. The Labute approximate surface area is 600 Å². The number of hydrogen-bond donors (Lipinski definition) is 2. The molecule has 0 fully saturated rings. The Balaban J connectivity index is 0.000000149. The molecule has 14 rings (SSSR count). The van der Waals surface area contributed by atoms with E-state index in [2.05, 4.69) is 20.3 Å². The van der Waals surface area contributed by atoms with Gasteiger partial charge >= 0.3 is 0 Å². The van der Waals surface area contributed by atoms with Gasteiger partial charge in [0.1, 0.15) is 75.1 Å². The van der Waals surface area contributed by atoms with Crippen LogP contribution in [0.3, 0.4) is 0 Å². The monoisotopic (exact) mass is 1440 g/mol. The minimum atomic E-state index is -0.748. The van der Waals surface area contributed by atoms with Crippen LogP contribution in [-0.4, -0.2) is 92.2 Å².